The van der Waals surface area contributed by atoms with Crippen molar-refractivity contribution in [2.24, 2.45) is 0 Å². The quantitative estimate of drug-likeness (QED) is 0.654. The van der Waals surface area contributed by atoms with E-state index >= 15 is 0 Å². The zero-order valence-corrected chi connectivity index (χ0v) is 11.5. The number of ether oxygens (including phenoxy) is 1. The monoisotopic (exact) mass is 289 g/mol. The second kappa shape index (κ2) is 5.95. The molecule has 21 heavy (non-hydrogen) atoms. The van der Waals surface area contributed by atoms with Gasteiger partial charge in [0.1, 0.15) is 5.75 Å². The lowest BCUT2D eigenvalue weighted by molar-refractivity contribution is 0.0696. The van der Waals surface area contributed by atoms with E-state index in [1.165, 1.54) is 25.4 Å². The maximum Gasteiger partial charge on any atom is 0.335 e. The number of carboxylic acid groups (broad SMARTS) is 1. The Balaban J connectivity index is 2.33. The molecular formula is C13H15N5O3. The van der Waals surface area contributed by atoms with Gasteiger partial charge in [0.2, 0.25) is 5.95 Å². The zero-order chi connectivity index (χ0) is 15.4. The lowest BCUT2D eigenvalue weighted by atomic mass is 10.2. The molecule has 0 bridgehead atoms. The lowest BCUT2D eigenvalue weighted by Gasteiger charge is -2.12. The molecule has 0 fully saturated rings. The third-order valence-electron chi connectivity index (χ3n) is 2.75. The number of methoxy groups -OCH3 is 1. The number of carbonyl (C=O) groups is 1. The van der Waals surface area contributed by atoms with Crippen LogP contribution in [0.1, 0.15) is 10.4 Å². The summed E-state index contributed by atoms with van der Waals surface area (Å²) in [6.45, 7) is 0. The van der Waals surface area contributed by atoms with Gasteiger partial charge in [0, 0.05) is 7.05 Å². The van der Waals surface area contributed by atoms with Crippen molar-refractivity contribution >= 4 is 29.1 Å². The van der Waals surface area contributed by atoms with Crippen LogP contribution in [0.5, 0.6) is 5.75 Å². The van der Waals surface area contributed by atoms with Crippen molar-refractivity contribution in [3.05, 3.63) is 30.0 Å². The maximum atomic E-state index is 10.9. The molecule has 0 saturated heterocycles. The van der Waals surface area contributed by atoms with Crippen molar-refractivity contribution in [2.45, 2.75) is 0 Å². The molecule has 0 aliphatic carbocycles. The van der Waals surface area contributed by atoms with Gasteiger partial charge >= 0.3 is 5.97 Å². The van der Waals surface area contributed by atoms with Crippen LogP contribution in [0.25, 0.3) is 0 Å². The van der Waals surface area contributed by atoms with E-state index in [1.807, 2.05) is 0 Å². The van der Waals surface area contributed by atoms with E-state index in [0.717, 1.165) is 0 Å². The van der Waals surface area contributed by atoms with Crippen LogP contribution in [0.2, 0.25) is 0 Å². The van der Waals surface area contributed by atoms with Gasteiger partial charge in [-0.25, -0.2) is 9.78 Å². The average Bonchev–Trinajstić information content (AvgIpc) is 2.49. The van der Waals surface area contributed by atoms with Gasteiger partial charge in [0.05, 0.1) is 30.2 Å². The van der Waals surface area contributed by atoms with Gasteiger partial charge in [-0.1, -0.05) is 0 Å². The third-order valence-corrected chi connectivity index (χ3v) is 2.75. The number of hydrogen-bond donors (Lipinski definition) is 4. The van der Waals surface area contributed by atoms with Gasteiger partial charge in [-0.15, -0.1) is 0 Å². The molecule has 0 amide bonds. The first-order valence-corrected chi connectivity index (χ1v) is 6.03. The molecule has 2 aromatic rings. The number of benzene rings is 1. The summed E-state index contributed by atoms with van der Waals surface area (Å²) in [7, 11) is 3.15. The van der Waals surface area contributed by atoms with Crippen molar-refractivity contribution in [1.29, 1.82) is 0 Å². The fourth-order valence-electron chi connectivity index (χ4n) is 1.70. The number of hydrogen-bond acceptors (Lipinski definition) is 7. The molecule has 1 aromatic carbocycles. The molecule has 8 nitrogen and oxygen atoms in total. The number of nitrogens with zero attached hydrogens (tertiary/aromatic N) is 2. The lowest BCUT2D eigenvalue weighted by Crippen LogP contribution is -2.05. The normalized spacial score (nSPS) is 10.0. The molecule has 1 heterocycles. The molecular weight excluding hydrogens is 274 g/mol. The topological polar surface area (TPSA) is 122 Å². The molecule has 5 N–H and O–H groups in total. The number of aromatic nitrogens is 2. The van der Waals surface area contributed by atoms with Crippen LogP contribution in [0.3, 0.4) is 0 Å². The Morgan fingerprint density at radius 3 is 2.81 bits per heavy atom. The van der Waals surface area contributed by atoms with Crippen LogP contribution in [0.15, 0.2) is 24.4 Å². The van der Waals surface area contributed by atoms with Crippen LogP contribution >= 0.6 is 0 Å². The minimum absolute atomic E-state index is 0.131. The zero-order valence-electron chi connectivity index (χ0n) is 11.5. The molecule has 0 radical (unpaired) electrons. The van der Waals surface area contributed by atoms with Gasteiger partial charge in [0.25, 0.3) is 0 Å². The molecule has 0 unspecified atom stereocenters. The summed E-state index contributed by atoms with van der Waals surface area (Å²) in [5.74, 6) is 0.158. The van der Waals surface area contributed by atoms with Crippen LogP contribution in [-0.2, 0) is 0 Å². The van der Waals surface area contributed by atoms with E-state index in [0.29, 0.717) is 28.9 Å². The van der Waals surface area contributed by atoms with Gasteiger partial charge in [-0.3, -0.25) is 0 Å². The predicted octanol–water partition coefficient (Wildman–Crippen LogP) is 1.55. The summed E-state index contributed by atoms with van der Waals surface area (Å²) in [6, 6.07) is 4.46. The van der Waals surface area contributed by atoms with Crippen molar-refractivity contribution < 1.29 is 14.6 Å². The number of anilines is 4. The molecule has 1 aromatic heterocycles. The fraction of sp³-hybridized carbons (Fsp3) is 0.154. The van der Waals surface area contributed by atoms with Crippen LogP contribution in [-0.4, -0.2) is 35.2 Å². The Morgan fingerprint density at radius 2 is 2.19 bits per heavy atom. The van der Waals surface area contributed by atoms with Gasteiger partial charge in [-0.2, -0.15) is 4.98 Å². The van der Waals surface area contributed by atoms with Crippen molar-refractivity contribution in [2.75, 3.05) is 30.5 Å². The molecule has 110 valence electrons. The highest BCUT2D eigenvalue weighted by Gasteiger charge is 2.11. The largest absolute Gasteiger partial charge is 0.495 e. The van der Waals surface area contributed by atoms with Crippen LogP contribution in [0.4, 0.5) is 23.1 Å². The van der Waals surface area contributed by atoms with E-state index < -0.39 is 5.97 Å². The molecule has 0 aliphatic rings. The summed E-state index contributed by atoms with van der Waals surface area (Å²) < 4.78 is 5.17. The maximum absolute atomic E-state index is 10.9. The predicted molar refractivity (Wildman–Crippen MR) is 79.2 cm³/mol. The summed E-state index contributed by atoms with van der Waals surface area (Å²) in [4.78, 5) is 19.2. The van der Waals surface area contributed by atoms with Crippen LogP contribution < -0.4 is 21.1 Å². The third kappa shape index (κ3) is 3.11. The van der Waals surface area contributed by atoms with Gasteiger partial charge in [-0.05, 0) is 18.2 Å². The smallest absolute Gasteiger partial charge is 0.335 e. The van der Waals surface area contributed by atoms with Gasteiger partial charge in [0.15, 0.2) is 5.82 Å². The van der Waals surface area contributed by atoms with Gasteiger partial charge < -0.3 is 26.2 Å². The second-order valence-corrected chi connectivity index (χ2v) is 4.09. The second-order valence-electron chi connectivity index (χ2n) is 4.09. The SMILES string of the molecule is CNc1nc(Nc2ccc(C(=O)O)cc2OC)ncc1N. The van der Waals surface area contributed by atoms with Crippen molar-refractivity contribution in [1.82, 2.24) is 9.97 Å². The number of rotatable bonds is 5. The van der Waals surface area contributed by atoms with Crippen molar-refractivity contribution in [3.63, 3.8) is 0 Å². The Kier molecular flexibility index (Phi) is 4.07. The van der Waals surface area contributed by atoms with Crippen LogP contribution in [0, 0.1) is 0 Å². The first-order valence-electron chi connectivity index (χ1n) is 6.03. The molecule has 0 saturated carbocycles. The molecule has 0 aliphatic heterocycles. The highest BCUT2D eigenvalue weighted by Crippen LogP contribution is 2.28. The Labute approximate surface area is 121 Å². The Hall–Kier alpha value is -3.03. The molecule has 2 rings (SSSR count). The number of nitrogens with one attached hydrogen (secondary N) is 2. The van der Waals surface area contributed by atoms with E-state index in [-0.39, 0.29) is 5.56 Å². The number of nitrogen functional groups attached to an aromatic ring is 1. The fourth-order valence-corrected chi connectivity index (χ4v) is 1.70. The molecule has 0 atom stereocenters. The number of aromatic carboxylic acids is 1. The minimum Gasteiger partial charge on any atom is -0.495 e. The highest BCUT2D eigenvalue weighted by molar-refractivity contribution is 5.89. The highest BCUT2D eigenvalue weighted by atomic mass is 16.5. The summed E-state index contributed by atoms with van der Waals surface area (Å²) in [5, 5.41) is 14.8. The van der Waals surface area contributed by atoms with Crippen molar-refractivity contribution in [3.8, 4) is 5.75 Å². The Bertz CT molecular complexity index is 675. The first-order chi connectivity index (χ1) is 10.0. The van der Waals surface area contributed by atoms with E-state index in [4.69, 9.17) is 15.6 Å². The Morgan fingerprint density at radius 1 is 1.43 bits per heavy atom. The summed E-state index contributed by atoms with van der Waals surface area (Å²) in [5.41, 5.74) is 6.81. The molecule has 8 heteroatoms. The average molecular weight is 289 g/mol. The van der Waals surface area contributed by atoms with E-state index in [9.17, 15) is 4.79 Å². The summed E-state index contributed by atoms with van der Waals surface area (Å²) in [6.07, 6.45) is 1.47. The minimum atomic E-state index is -1.03. The van der Waals surface area contributed by atoms with E-state index in [1.54, 1.807) is 13.1 Å². The first kappa shape index (κ1) is 14.4. The molecule has 0 spiro atoms. The number of carboxylic acids is 1. The summed E-state index contributed by atoms with van der Waals surface area (Å²) >= 11 is 0. The standard InChI is InChI=1S/C13H15N5O3/c1-15-11-8(14)6-16-13(18-11)17-9-4-3-7(12(19)20)5-10(9)21-2/h3-6H,14H2,1-2H3,(H,19,20)(H2,15,16,17,18). The number of nitrogens with two attached hydrogens (primary N) is 1. The van der Waals surface area contributed by atoms with E-state index in [2.05, 4.69) is 20.6 Å².